The summed E-state index contributed by atoms with van der Waals surface area (Å²) >= 11 is 0. The molecule has 0 spiro atoms. The number of aliphatic hydroxyl groups excluding tert-OH is 2. The molecule has 0 saturated heterocycles. The topological polar surface area (TPSA) is 66.8 Å². The van der Waals surface area contributed by atoms with Gasteiger partial charge in [0.1, 0.15) is 11.9 Å². The Morgan fingerprint density at radius 2 is 2.04 bits per heavy atom. The summed E-state index contributed by atoms with van der Waals surface area (Å²) in [5.41, 5.74) is -0.230. The third kappa shape index (κ3) is 2.29. The summed E-state index contributed by atoms with van der Waals surface area (Å²) in [6.45, 7) is 5.92. The fraction of sp³-hybridized carbons (Fsp3) is 0.667. The smallest absolute Gasteiger partial charge is 0.302 e. The lowest BCUT2D eigenvalue weighted by molar-refractivity contribution is -0.171. The first-order valence-corrected chi connectivity index (χ1v) is 9.42. The summed E-state index contributed by atoms with van der Waals surface area (Å²) in [5.74, 6) is 1.69. The molecule has 136 valence electrons. The lowest BCUT2D eigenvalue weighted by Gasteiger charge is -2.59. The summed E-state index contributed by atoms with van der Waals surface area (Å²) in [4.78, 5) is 11.8. The molecule has 0 aromatic carbocycles. The second-order valence-corrected chi connectivity index (χ2v) is 8.85. The van der Waals surface area contributed by atoms with Crippen LogP contribution < -0.4 is 0 Å². The van der Waals surface area contributed by atoms with Gasteiger partial charge in [0, 0.05) is 18.3 Å². The zero-order chi connectivity index (χ0) is 18.0. The van der Waals surface area contributed by atoms with E-state index in [0.717, 1.165) is 25.7 Å². The predicted molar refractivity (Wildman–Crippen MR) is 94.8 cm³/mol. The second-order valence-electron chi connectivity index (χ2n) is 8.85. The molecule has 0 bridgehead atoms. The molecule has 0 aromatic rings. The van der Waals surface area contributed by atoms with E-state index in [9.17, 15) is 15.0 Å². The Bertz CT molecular complexity index is 690. The molecule has 0 aromatic heterocycles. The highest BCUT2D eigenvalue weighted by Gasteiger charge is 2.61. The van der Waals surface area contributed by atoms with Crippen LogP contribution in [0.5, 0.6) is 0 Å². The fourth-order valence-corrected chi connectivity index (χ4v) is 6.29. The molecular formula is C21H28O4. The minimum absolute atomic E-state index is 0.0346. The molecule has 0 unspecified atom stereocenters. The van der Waals surface area contributed by atoms with Gasteiger partial charge in [0.05, 0.1) is 5.76 Å². The van der Waals surface area contributed by atoms with E-state index in [1.165, 1.54) is 6.92 Å². The van der Waals surface area contributed by atoms with Crippen LogP contribution in [0.15, 0.2) is 35.8 Å². The highest BCUT2D eigenvalue weighted by atomic mass is 16.5. The van der Waals surface area contributed by atoms with E-state index < -0.39 is 0 Å². The zero-order valence-electron chi connectivity index (χ0n) is 15.2. The van der Waals surface area contributed by atoms with Crippen molar-refractivity contribution in [2.75, 3.05) is 0 Å². The number of ether oxygens (including phenoxy) is 1. The molecule has 0 aliphatic heterocycles. The minimum Gasteiger partial charge on any atom is -0.512 e. The number of esters is 1. The average molecular weight is 344 g/mol. The molecule has 0 amide bonds. The quantitative estimate of drug-likeness (QED) is 0.690. The van der Waals surface area contributed by atoms with Crippen molar-refractivity contribution >= 4 is 5.97 Å². The Labute approximate surface area is 149 Å². The van der Waals surface area contributed by atoms with Crippen LogP contribution in [0.4, 0.5) is 0 Å². The van der Waals surface area contributed by atoms with Gasteiger partial charge in [0.2, 0.25) is 0 Å². The van der Waals surface area contributed by atoms with Crippen LogP contribution >= 0.6 is 0 Å². The second kappa shape index (κ2) is 5.39. The van der Waals surface area contributed by atoms with E-state index in [0.29, 0.717) is 23.4 Å². The number of allylic oxidation sites excluding steroid dienone is 5. The monoisotopic (exact) mass is 344 g/mol. The van der Waals surface area contributed by atoms with Crippen molar-refractivity contribution in [3.63, 3.8) is 0 Å². The number of rotatable bonds is 1. The highest BCUT2D eigenvalue weighted by molar-refractivity contribution is 5.66. The van der Waals surface area contributed by atoms with Crippen LogP contribution in [0, 0.1) is 34.5 Å². The van der Waals surface area contributed by atoms with Gasteiger partial charge in [-0.2, -0.15) is 0 Å². The standard InChI is InChI=1S/C21H28O4/c1-12(22)25-17-11-13-10-14(23)6-8-20(13,2)16-7-9-21(3)15(19(16)17)4-5-18(21)24/h5-6,8,10,13,15-17,19,23-24H,4,7,9,11H2,1-3H3/t13-,15-,16-,17-,19-,20-,21-/m0/s1. The summed E-state index contributed by atoms with van der Waals surface area (Å²) in [6.07, 6.45) is 11.3. The van der Waals surface area contributed by atoms with Gasteiger partial charge < -0.3 is 14.9 Å². The minimum atomic E-state index is -0.241. The third-order valence-electron chi connectivity index (χ3n) is 7.69. The normalized spacial score (nSPS) is 47.9. The van der Waals surface area contributed by atoms with Crippen LogP contribution in [0.1, 0.15) is 46.5 Å². The van der Waals surface area contributed by atoms with E-state index >= 15 is 0 Å². The Balaban J connectivity index is 1.75. The average Bonchev–Trinajstić information content (AvgIpc) is 2.84. The highest BCUT2D eigenvalue weighted by Crippen LogP contribution is 2.65. The van der Waals surface area contributed by atoms with Crippen LogP contribution in [0.25, 0.3) is 0 Å². The van der Waals surface area contributed by atoms with E-state index in [-0.39, 0.29) is 34.7 Å². The maximum atomic E-state index is 11.8. The Morgan fingerprint density at radius 1 is 1.28 bits per heavy atom. The van der Waals surface area contributed by atoms with Crippen molar-refractivity contribution in [2.45, 2.75) is 52.6 Å². The number of fused-ring (bicyclic) bond motifs is 5. The molecular weight excluding hydrogens is 316 g/mol. The van der Waals surface area contributed by atoms with Gasteiger partial charge in [-0.1, -0.05) is 19.9 Å². The van der Waals surface area contributed by atoms with Crippen molar-refractivity contribution < 1.29 is 19.7 Å². The third-order valence-corrected chi connectivity index (χ3v) is 7.69. The zero-order valence-corrected chi connectivity index (χ0v) is 15.2. The fourth-order valence-electron chi connectivity index (χ4n) is 6.29. The summed E-state index contributed by atoms with van der Waals surface area (Å²) < 4.78 is 5.80. The van der Waals surface area contributed by atoms with E-state index in [4.69, 9.17) is 4.74 Å². The van der Waals surface area contributed by atoms with Gasteiger partial charge >= 0.3 is 5.97 Å². The van der Waals surface area contributed by atoms with Crippen molar-refractivity contribution in [3.8, 4) is 0 Å². The summed E-state index contributed by atoms with van der Waals surface area (Å²) in [6, 6.07) is 0. The maximum absolute atomic E-state index is 11.8. The Hall–Kier alpha value is -1.71. The van der Waals surface area contributed by atoms with E-state index in [1.807, 2.05) is 18.2 Å². The lowest BCUT2D eigenvalue weighted by atomic mass is 9.46. The molecule has 0 heterocycles. The molecule has 4 aliphatic carbocycles. The molecule has 4 heteroatoms. The van der Waals surface area contributed by atoms with Crippen molar-refractivity contribution in [2.24, 2.45) is 34.5 Å². The Kier molecular flexibility index (Phi) is 3.61. The van der Waals surface area contributed by atoms with Crippen LogP contribution in [0.2, 0.25) is 0 Å². The van der Waals surface area contributed by atoms with E-state index in [1.54, 1.807) is 0 Å². The van der Waals surface area contributed by atoms with Gasteiger partial charge in [-0.15, -0.1) is 0 Å². The number of carbonyl (C=O) groups excluding carboxylic acids is 1. The molecule has 4 aliphatic rings. The summed E-state index contributed by atoms with van der Waals surface area (Å²) in [5, 5.41) is 20.4. The van der Waals surface area contributed by atoms with Gasteiger partial charge in [0.15, 0.2) is 0 Å². The number of hydrogen-bond donors (Lipinski definition) is 2. The predicted octanol–water partition coefficient (Wildman–Crippen LogP) is 4.45. The van der Waals surface area contributed by atoms with Crippen molar-refractivity contribution in [1.82, 2.24) is 0 Å². The number of aliphatic hydroxyl groups is 2. The van der Waals surface area contributed by atoms with Gasteiger partial charge in [-0.05, 0) is 67.1 Å². The molecule has 2 fully saturated rings. The maximum Gasteiger partial charge on any atom is 0.302 e. The van der Waals surface area contributed by atoms with Gasteiger partial charge in [0.25, 0.3) is 0 Å². The number of carbonyl (C=O) groups is 1. The molecule has 2 N–H and O–H groups in total. The van der Waals surface area contributed by atoms with E-state index in [2.05, 4.69) is 19.9 Å². The SMILES string of the molecule is CC(=O)O[C@H]1C[C@@H]2C=C(O)C=C[C@]2(C)[C@H]2CC[C@]3(C)C(O)=CC[C@H]3[C@H]12. The first kappa shape index (κ1) is 16.7. The van der Waals surface area contributed by atoms with Crippen molar-refractivity contribution in [1.29, 1.82) is 0 Å². The molecule has 25 heavy (non-hydrogen) atoms. The molecule has 4 rings (SSSR count). The largest absolute Gasteiger partial charge is 0.512 e. The first-order valence-electron chi connectivity index (χ1n) is 9.42. The lowest BCUT2D eigenvalue weighted by Crippen LogP contribution is -2.57. The van der Waals surface area contributed by atoms with Crippen molar-refractivity contribution in [3.05, 3.63) is 35.8 Å². The molecule has 4 nitrogen and oxygen atoms in total. The molecule has 2 saturated carbocycles. The molecule has 0 radical (unpaired) electrons. The van der Waals surface area contributed by atoms with Crippen LogP contribution in [-0.4, -0.2) is 22.3 Å². The number of hydrogen-bond acceptors (Lipinski definition) is 4. The van der Waals surface area contributed by atoms with Crippen LogP contribution in [0.3, 0.4) is 0 Å². The van der Waals surface area contributed by atoms with Crippen LogP contribution in [-0.2, 0) is 9.53 Å². The van der Waals surface area contributed by atoms with Gasteiger partial charge in [-0.3, -0.25) is 4.79 Å². The summed E-state index contributed by atoms with van der Waals surface area (Å²) in [7, 11) is 0. The molecule has 7 atom stereocenters. The van der Waals surface area contributed by atoms with Gasteiger partial charge in [-0.25, -0.2) is 0 Å². The first-order chi connectivity index (χ1) is 11.8. The Morgan fingerprint density at radius 3 is 2.76 bits per heavy atom.